The summed E-state index contributed by atoms with van der Waals surface area (Å²) in [6.45, 7) is 2.82. The summed E-state index contributed by atoms with van der Waals surface area (Å²) in [5.41, 5.74) is 8.62. The predicted molar refractivity (Wildman–Crippen MR) is 88.1 cm³/mol. The minimum Gasteiger partial charge on any atom is -0.396 e. The molecule has 108 valence electrons. The van der Waals surface area contributed by atoms with Crippen molar-refractivity contribution in [2.24, 2.45) is 0 Å². The number of pyridine rings is 1. The van der Waals surface area contributed by atoms with Crippen LogP contribution in [0.15, 0.2) is 28.9 Å². The predicted octanol–water partition coefficient (Wildman–Crippen LogP) is 3.81. The second-order valence-electron chi connectivity index (χ2n) is 4.84. The van der Waals surface area contributed by atoms with E-state index in [0.717, 1.165) is 33.9 Å². The lowest BCUT2D eigenvalue weighted by Crippen LogP contribution is -2.25. The van der Waals surface area contributed by atoms with Gasteiger partial charge < -0.3 is 15.8 Å². The third-order valence-electron chi connectivity index (χ3n) is 3.21. The van der Waals surface area contributed by atoms with E-state index in [2.05, 4.69) is 33.2 Å². The van der Waals surface area contributed by atoms with Crippen LogP contribution in [-0.2, 0) is 4.74 Å². The van der Waals surface area contributed by atoms with Crippen LogP contribution in [0.25, 0.3) is 10.9 Å². The SMILES string of the molecule is CCCC(COC)Nc1c(N)cnc2ccc(Br)cc12. The summed E-state index contributed by atoms with van der Waals surface area (Å²) in [6, 6.07) is 6.25. The van der Waals surface area contributed by atoms with Gasteiger partial charge in [0, 0.05) is 23.0 Å². The Kier molecular flexibility index (Phi) is 5.20. The average molecular weight is 338 g/mol. The van der Waals surface area contributed by atoms with Crippen LogP contribution in [0.4, 0.5) is 11.4 Å². The lowest BCUT2D eigenvalue weighted by molar-refractivity contribution is 0.182. The molecule has 5 heteroatoms. The zero-order valence-electron chi connectivity index (χ0n) is 11.8. The Morgan fingerprint density at radius 2 is 2.25 bits per heavy atom. The van der Waals surface area contributed by atoms with Gasteiger partial charge in [-0.05, 0) is 24.6 Å². The molecule has 0 saturated carbocycles. The minimum absolute atomic E-state index is 0.247. The molecule has 0 saturated heterocycles. The molecule has 1 aromatic carbocycles. The van der Waals surface area contributed by atoms with E-state index in [1.165, 1.54) is 0 Å². The smallest absolute Gasteiger partial charge is 0.0743 e. The third-order valence-corrected chi connectivity index (χ3v) is 3.71. The maximum Gasteiger partial charge on any atom is 0.0743 e. The molecule has 1 aromatic heterocycles. The molecule has 1 heterocycles. The highest BCUT2D eigenvalue weighted by Crippen LogP contribution is 2.31. The Labute approximate surface area is 127 Å². The number of methoxy groups -OCH3 is 1. The quantitative estimate of drug-likeness (QED) is 0.841. The third kappa shape index (κ3) is 3.41. The van der Waals surface area contributed by atoms with Gasteiger partial charge in [-0.3, -0.25) is 4.98 Å². The first kappa shape index (κ1) is 15.1. The molecule has 4 nitrogen and oxygen atoms in total. The van der Waals surface area contributed by atoms with E-state index in [1.54, 1.807) is 13.3 Å². The number of nitrogens with one attached hydrogen (secondary N) is 1. The van der Waals surface area contributed by atoms with Gasteiger partial charge in [-0.1, -0.05) is 29.3 Å². The van der Waals surface area contributed by atoms with Crippen LogP contribution in [0, 0.1) is 0 Å². The molecule has 2 aromatic rings. The highest BCUT2D eigenvalue weighted by Gasteiger charge is 2.13. The van der Waals surface area contributed by atoms with E-state index in [1.807, 2.05) is 18.2 Å². The van der Waals surface area contributed by atoms with Gasteiger partial charge in [-0.2, -0.15) is 0 Å². The van der Waals surface area contributed by atoms with Gasteiger partial charge in [0.25, 0.3) is 0 Å². The molecule has 0 spiro atoms. The normalized spacial score (nSPS) is 12.6. The van der Waals surface area contributed by atoms with E-state index in [9.17, 15) is 0 Å². The van der Waals surface area contributed by atoms with Crippen molar-refractivity contribution in [3.8, 4) is 0 Å². The number of ether oxygens (including phenoxy) is 1. The molecule has 3 N–H and O–H groups in total. The number of fused-ring (bicyclic) bond motifs is 1. The first-order chi connectivity index (χ1) is 9.65. The van der Waals surface area contributed by atoms with Crippen LogP contribution >= 0.6 is 15.9 Å². The Morgan fingerprint density at radius 3 is 2.95 bits per heavy atom. The van der Waals surface area contributed by atoms with E-state index in [-0.39, 0.29) is 6.04 Å². The molecule has 1 unspecified atom stereocenters. The maximum atomic E-state index is 6.10. The van der Waals surface area contributed by atoms with Crippen molar-refractivity contribution in [1.29, 1.82) is 0 Å². The van der Waals surface area contributed by atoms with Crippen molar-refractivity contribution in [3.05, 3.63) is 28.9 Å². The minimum atomic E-state index is 0.247. The van der Waals surface area contributed by atoms with Crippen LogP contribution in [0.5, 0.6) is 0 Å². The van der Waals surface area contributed by atoms with Gasteiger partial charge >= 0.3 is 0 Å². The lowest BCUT2D eigenvalue weighted by atomic mass is 10.1. The first-order valence-electron chi connectivity index (χ1n) is 6.75. The van der Waals surface area contributed by atoms with Crippen molar-refractivity contribution < 1.29 is 4.74 Å². The number of rotatable bonds is 6. The van der Waals surface area contributed by atoms with Crippen molar-refractivity contribution in [2.75, 3.05) is 24.8 Å². The van der Waals surface area contributed by atoms with E-state index >= 15 is 0 Å². The fraction of sp³-hybridized carbons (Fsp3) is 0.400. The highest BCUT2D eigenvalue weighted by molar-refractivity contribution is 9.10. The zero-order chi connectivity index (χ0) is 14.5. The molecule has 20 heavy (non-hydrogen) atoms. The molecule has 0 aliphatic heterocycles. The summed E-state index contributed by atoms with van der Waals surface area (Å²) >= 11 is 3.50. The summed E-state index contributed by atoms with van der Waals surface area (Å²) in [5, 5.41) is 4.53. The number of nitrogens with zero attached hydrogens (tertiary/aromatic N) is 1. The van der Waals surface area contributed by atoms with Gasteiger partial charge in [-0.15, -0.1) is 0 Å². The van der Waals surface area contributed by atoms with Crippen LogP contribution < -0.4 is 11.1 Å². The van der Waals surface area contributed by atoms with Gasteiger partial charge in [0.2, 0.25) is 0 Å². The number of hydrogen-bond acceptors (Lipinski definition) is 4. The summed E-state index contributed by atoms with van der Waals surface area (Å²) in [5.74, 6) is 0. The Hall–Kier alpha value is -1.33. The summed E-state index contributed by atoms with van der Waals surface area (Å²) < 4.78 is 6.29. The maximum absolute atomic E-state index is 6.10. The molecule has 0 amide bonds. The standard InChI is InChI=1S/C15H20BrN3O/c1-3-4-11(9-20-2)19-15-12-7-10(16)5-6-14(12)18-8-13(15)17/h5-8,11H,3-4,9,17H2,1-2H3,(H,18,19). The number of hydrogen-bond donors (Lipinski definition) is 2. The number of aromatic nitrogens is 1. The number of anilines is 2. The van der Waals surface area contributed by atoms with E-state index in [4.69, 9.17) is 10.5 Å². The molecule has 0 aliphatic rings. The Balaban J connectivity index is 2.40. The van der Waals surface area contributed by atoms with Gasteiger partial charge in [0.1, 0.15) is 0 Å². The topological polar surface area (TPSA) is 60.2 Å². The van der Waals surface area contributed by atoms with Crippen LogP contribution in [-0.4, -0.2) is 24.7 Å². The number of nitrogen functional groups attached to an aromatic ring is 1. The molecular weight excluding hydrogens is 318 g/mol. The Morgan fingerprint density at radius 1 is 1.45 bits per heavy atom. The molecular formula is C15H20BrN3O. The summed E-state index contributed by atoms with van der Waals surface area (Å²) in [4.78, 5) is 4.36. The Bertz CT molecular complexity index is 577. The van der Waals surface area contributed by atoms with Crippen molar-refractivity contribution in [2.45, 2.75) is 25.8 Å². The monoisotopic (exact) mass is 337 g/mol. The number of benzene rings is 1. The zero-order valence-corrected chi connectivity index (χ0v) is 13.4. The summed E-state index contributed by atoms with van der Waals surface area (Å²) in [6.07, 6.45) is 3.83. The first-order valence-corrected chi connectivity index (χ1v) is 7.54. The lowest BCUT2D eigenvalue weighted by Gasteiger charge is -2.21. The molecule has 0 bridgehead atoms. The van der Waals surface area contributed by atoms with Gasteiger partial charge in [-0.25, -0.2) is 0 Å². The number of nitrogens with two attached hydrogens (primary N) is 1. The van der Waals surface area contributed by atoms with E-state index < -0.39 is 0 Å². The average Bonchev–Trinajstić information content (AvgIpc) is 2.42. The molecule has 0 radical (unpaired) electrons. The fourth-order valence-electron chi connectivity index (χ4n) is 2.29. The largest absolute Gasteiger partial charge is 0.396 e. The number of halogens is 1. The van der Waals surface area contributed by atoms with Crippen molar-refractivity contribution in [1.82, 2.24) is 4.98 Å². The highest BCUT2D eigenvalue weighted by atomic mass is 79.9. The van der Waals surface area contributed by atoms with Crippen LogP contribution in [0.2, 0.25) is 0 Å². The summed E-state index contributed by atoms with van der Waals surface area (Å²) in [7, 11) is 1.72. The van der Waals surface area contributed by atoms with Crippen LogP contribution in [0.3, 0.4) is 0 Å². The van der Waals surface area contributed by atoms with Gasteiger partial charge in [0.05, 0.1) is 29.7 Å². The second-order valence-corrected chi connectivity index (χ2v) is 5.75. The fourth-order valence-corrected chi connectivity index (χ4v) is 2.65. The van der Waals surface area contributed by atoms with Crippen molar-refractivity contribution in [3.63, 3.8) is 0 Å². The van der Waals surface area contributed by atoms with E-state index in [0.29, 0.717) is 12.3 Å². The van der Waals surface area contributed by atoms with Crippen molar-refractivity contribution >= 4 is 38.2 Å². The molecule has 0 aliphatic carbocycles. The second kappa shape index (κ2) is 6.90. The molecule has 1 atom stereocenters. The van der Waals surface area contributed by atoms with Crippen LogP contribution in [0.1, 0.15) is 19.8 Å². The molecule has 0 fully saturated rings. The van der Waals surface area contributed by atoms with Gasteiger partial charge in [0.15, 0.2) is 0 Å². The molecule has 2 rings (SSSR count).